The average Bonchev–Trinajstić information content (AvgIpc) is 2.66. The third kappa shape index (κ3) is 4.47. The third-order valence-electron chi connectivity index (χ3n) is 4.39. The number of hydrogen-bond acceptors (Lipinski definition) is 7. The summed E-state index contributed by atoms with van der Waals surface area (Å²) in [5, 5.41) is 2.91. The minimum absolute atomic E-state index is 0.204. The van der Waals surface area contributed by atoms with Crippen molar-refractivity contribution >= 4 is 44.9 Å². The van der Waals surface area contributed by atoms with Crippen LogP contribution in [0.25, 0.3) is 0 Å². The first-order valence-corrected chi connectivity index (χ1v) is 9.53. The number of esters is 1. The summed E-state index contributed by atoms with van der Waals surface area (Å²) in [6.45, 7) is 3.35. The van der Waals surface area contributed by atoms with Crippen molar-refractivity contribution in [3.8, 4) is 0 Å². The first kappa shape index (κ1) is 19.3. The van der Waals surface area contributed by atoms with E-state index in [1.54, 1.807) is 19.1 Å². The standard InChI is InChI=1S/C18H21BrFN5O2/c1-2-27-18(26)11-4-3-7-25(9-11)17-15(21)16(22-10-23-17)24-14-6-5-12(19)8-13(14)20/h5-6,8,10-11H,2-4,7,9,21H2,1H3,(H,22,23,24). The van der Waals surface area contributed by atoms with E-state index in [1.807, 2.05) is 4.90 Å². The fourth-order valence-electron chi connectivity index (χ4n) is 3.08. The van der Waals surface area contributed by atoms with E-state index in [0.717, 1.165) is 19.4 Å². The molecule has 2 heterocycles. The smallest absolute Gasteiger partial charge is 0.310 e. The number of halogens is 2. The second-order valence-corrected chi connectivity index (χ2v) is 7.16. The van der Waals surface area contributed by atoms with Crippen LogP contribution < -0.4 is 16.0 Å². The van der Waals surface area contributed by atoms with Gasteiger partial charge in [-0.1, -0.05) is 15.9 Å². The molecule has 1 aromatic carbocycles. The second kappa shape index (κ2) is 8.51. The molecule has 1 aliphatic rings. The van der Waals surface area contributed by atoms with Crippen LogP contribution in [0.1, 0.15) is 19.8 Å². The number of nitrogens with one attached hydrogen (secondary N) is 1. The number of carbonyl (C=O) groups excluding carboxylic acids is 1. The highest BCUT2D eigenvalue weighted by Crippen LogP contribution is 2.32. The molecule has 2 aromatic rings. The van der Waals surface area contributed by atoms with Crippen molar-refractivity contribution in [2.24, 2.45) is 5.92 Å². The Morgan fingerprint density at radius 2 is 2.30 bits per heavy atom. The topological polar surface area (TPSA) is 93.4 Å². The normalized spacial score (nSPS) is 16.9. The number of anilines is 4. The van der Waals surface area contributed by atoms with Crippen molar-refractivity contribution in [2.75, 3.05) is 35.6 Å². The van der Waals surface area contributed by atoms with Crippen LogP contribution in [-0.2, 0) is 9.53 Å². The molecule has 1 aliphatic heterocycles. The van der Waals surface area contributed by atoms with Crippen molar-refractivity contribution in [3.05, 3.63) is 34.8 Å². The van der Waals surface area contributed by atoms with Crippen LogP contribution in [0.5, 0.6) is 0 Å². The lowest BCUT2D eigenvalue weighted by Gasteiger charge is -2.33. The molecule has 0 aliphatic carbocycles. The highest BCUT2D eigenvalue weighted by Gasteiger charge is 2.29. The number of rotatable bonds is 5. The van der Waals surface area contributed by atoms with Gasteiger partial charge in [-0.3, -0.25) is 4.79 Å². The molecule has 0 spiro atoms. The van der Waals surface area contributed by atoms with Gasteiger partial charge in [0.2, 0.25) is 0 Å². The first-order chi connectivity index (χ1) is 13.0. The van der Waals surface area contributed by atoms with Gasteiger partial charge in [0.05, 0.1) is 18.2 Å². The van der Waals surface area contributed by atoms with Gasteiger partial charge in [-0.25, -0.2) is 14.4 Å². The Hall–Kier alpha value is -2.42. The average molecular weight is 438 g/mol. The summed E-state index contributed by atoms with van der Waals surface area (Å²) in [4.78, 5) is 22.4. The minimum atomic E-state index is -0.427. The largest absolute Gasteiger partial charge is 0.466 e. The van der Waals surface area contributed by atoms with Gasteiger partial charge in [0.25, 0.3) is 0 Å². The van der Waals surface area contributed by atoms with E-state index < -0.39 is 5.82 Å². The van der Waals surface area contributed by atoms with E-state index >= 15 is 0 Å². The monoisotopic (exact) mass is 437 g/mol. The van der Waals surface area contributed by atoms with Gasteiger partial charge < -0.3 is 20.7 Å². The second-order valence-electron chi connectivity index (χ2n) is 6.25. The lowest BCUT2D eigenvalue weighted by Crippen LogP contribution is -2.40. The number of nitrogen functional groups attached to an aromatic ring is 1. The summed E-state index contributed by atoms with van der Waals surface area (Å²) >= 11 is 3.23. The van der Waals surface area contributed by atoms with Crippen LogP contribution in [0.4, 0.5) is 27.4 Å². The Morgan fingerprint density at radius 1 is 1.48 bits per heavy atom. The number of nitrogens with two attached hydrogens (primary N) is 1. The summed E-state index contributed by atoms with van der Waals surface area (Å²) in [7, 11) is 0. The molecule has 1 fully saturated rings. The predicted molar refractivity (Wildman–Crippen MR) is 105 cm³/mol. The molecule has 3 N–H and O–H groups in total. The lowest BCUT2D eigenvalue weighted by molar-refractivity contribution is -0.148. The van der Waals surface area contributed by atoms with Gasteiger partial charge >= 0.3 is 5.97 Å². The maximum Gasteiger partial charge on any atom is 0.310 e. The number of carbonyl (C=O) groups is 1. The predicted octanol–water partition coefficient (Wildman–Crippen LogP) is 3.48. The minimum Gasteiger partial charge on any atom is -0.466 e. The molecule has 3 rings (SSSR count). The van der Waals surface area contributed by atoms with E-state index in [2.05, 4.69) is 31.2 Å². The molecule has 0 saturated carbocycles. The quantitative estimate of drug-likeness (QED) is 0.691. The lowest BCUT2D eigenvalue weighted by atomic mass is 9.98. The Kier molecular flexibility index (Phi) is 6.10. The van der Waals surface area contributed by atoms with Gasteiger partial charge in [-0.2, -0.15) is 0 Å². The molecule has 1 saturated heterocycles. The van der Waals surface area contributed by atoms with Crippen LogP contribution in [0.3, 0.4) is 0 Å². The molecule has 0 bridgehead atoms. The van der Waals surface area contributed by atoms with E-state index in [4.69, 9.17) is 10.5 Å². The van der Waals surface area contributed by atoms with Gasteiger partial charge in [0.1, 0.15) is 17.8 Å². The Labute approximate surface area is 165 Å². The molecular weight excluding hydrogens is 417 g/mol. The molecule has 1 aromatic heterocycles. The molecular formula is C18H21BrFN5O2. The summed E-state index contributed by atoms with van der Waals surface area (Å²) < 4.78 is 19.9. The van der Waals surface area contributed by atoms with Gasteiger partial charge in [-0.15, -0.1) is 0 Å². The summed E-state index contributed by atoms with van der Waals surface area (Å²) in [6, 6.07) is 4.67. The highest BCUT2D eigenvalue weighted by atomic mass is 79.9. The Bertz CT molecular complexity index is 835. The van der Waals surface area contributed by atoms with E-state index in [9.17, 15) is 9.18 Å². The first-order valence-electron chi connectivity index (χ1n) is 8.73. The van der Waals surface area contributed by atoms with Crippen LogP contribution in [-0.4, -0.2) is 35.6 Å². The third-order valence-corrected chi connectivity index (χ3v) is 4.88. The van der Waals surface area contributed by atoms with Crippen molar-refractivity contribution in [1.29, 1.82) is 0 Å². The number of ether oxygens (including phenoxy) is 1. The fourth-order valence-corrected chi connectivity index (χ4v) is 3.41. The van der Waals surface area contributed by atoms with Crippen molar-refractivity contribution < 1.29 is 13.9 Å². The molecule has 27 heavy (non-hydrogen) atoms. The van der Waals surface area contributed by atoms with E-state index in [0.29, 0.717) is 34.9 Å². The zero-order valence-corrected chi connectivity index (χ0v) is 16.5. The molecule has 1 unspecified atom stereocenters. The van der Waals surface area contributed by atoms with Crippen LogP contribution in [0, 0.1) is 11.7 Å². The van der Waals surface area contributed by atoms with E-state index in [1.165, 1.54) is 12.4 Å². The van der Waals surface area contributed by atoms with Gasteiger partial charge in [0, 0.05) is 17.6 Å². The maximum atomic E-state index is 14.1. The molecule has 7 nitrogen and oxygen atoms in total. The SMILES string of the molecule is CCOC(=O)C1CCCN(c2ncnc(Nc3ccc(Br)cc3F)c2N)C1. The van der Waals surface area contributed by atoms with Crippen LogP contribution in [0.2, 0.25) is 0 Å². The van der Waals surface area contributed by atoms with Gasteiger partial charge in [-0.05, 0) is 38.0 Å². The Morgan fingerprint density at radius 3 is 3.04 bits per heavy atom. The van der Waals surface area contributed by atoms with Crippen molar-refractivity contribution in [1.82, 2.24) is 9.97 Å². The summed E-state index contributed by atoms with van der Waals surface area (Å²) in [5.41, 5.74) is 6.82. The number of nitrogens with zero attached hydrogens (tertiary/aromatic N) is 3. The van der Waals surface area contributed by atoms with Gasteiger partial charge in [0.15, 0.2) is 11.6 Å². The zero-order valence-electron chi connectivity index (χ0n) is 14.9. The van der Waals surface area contributed by atoms with E-state index in [-0.39, 0.29) is 17.6 Å². The number of aromatic nitrogens is 2. The van der Waals surface area contributed by atoms with Crippen LogP contribution >= 0.6 is 15.9 Å². The molecule has 0 radical (unpaired) electrons. The molecule has 1 atom stereocenters. The van der Waals surface area contributed by atoms with Crippen LogP contribution in [0.15, 0.2) is 29.0 Å². The number of benzene rings is 1. The summed E-state index contributed by atoms with van der Waals surface area (Å²) in [6.07, 6.45) is 2.98. The fraction of sp³-hybridized carbons (Fsp3) is 0.389. The number of hydrogen-bond donors (Lipinski definition) is 2. The Balaban J connectivity index is 1.81. The highest BCUT2D eigenvalue weighted by molar-refractivity contribution is 9.10. The zero-order chi connectivity index (χ0) is 19.4. The molecule has 144 valence electrons. The molecule has 9 heteroatoms. The maximum absolute atomic E-state index is 14.1. The van der Waals surface area contributed by atoms with Crippen molar-refractivity contribution in [3.63, 3.8) is 0 Å². The molecule has 0 amide bonds. The summed E-state index contributed by atoms with van der Waals surface area (Å²) in [5.74, 6) is 0.00119. The van der Waals surface area contributed by atoms with Crippen molar-refractivity contribution in [2.45, 2.75) is 19.8 Å². The number of piperidine rings is 1.